The van der Waals surface area contributed by atoms with E-state index in [1.165, 1.54) is 0 Å². The summed E-state index contributed by atoms with van der Waals surface area (Å²) in [6.45, 7) is 2.16. The Labute approximate surface area is 97.7 Å². The van der Waals surface area contributed by atoms with Crippen LogP contribution in [0.5, 0.6) is 5.75 Å². The highest BCUT2D eigenvalue weighted by Crippen LogP contribution is 2.33. The van der Waals surface area contributed by atoms with Gasteiger partial charge in [0.1, 0.15) is 5.75 Å². The van der Waals surface area contributed by atoms with Gasteiger partial charge in [-0.15, -0.1) is 0 Å². The molecule has 1 aromatic carbocycles. The summed E-state index contributed by atoms with van der Waals surface area (Å²) in [5.74, 6) is 5.59. The molecule has 0 spiro atoms. The Bertz CT molecular complexity index is 355. The fourth-order valence-corrected chi connectivity index (χ4v) is 1.55. The van der Waals surface area contributed by atoms with Gasteiger partial charge in [-0.1, -0.05) is 18.2 Å². The summed E-state index contributed by atoms with van der Waals surface area (Å²) < 4.78 is 42.4. The molecule has 3 N–H and O–H groups in total. The smallest absolute Gasteiger partial charge is 0.390 e. The number of nitrogens with one attached hydrogen (secondary N) is 1. The minimum absolute atomic E-state index is 0.389. The molecule has 3 nitrogen and oxygen atoms in total. The molecule has 17 heavy (non-hydrogen) atoms. The van der Waals surface area contributed by atoms with Crippen LogP contribution in [0, 0.1) is 0 Å². The first-order valence-corrected chi connectivity index (χ1v) is 5.22. The average Bonchev–Trinajstić information content (AvgIpc) is 2.26. The summed E-state index contributed by atoms with van der Waals surface area (Å²) in [5.41, 5.74) is 2.58. The molecule has 1 atom stereocenters. The number of para-hydroxylation sites is 1. The van der Waals surface area contributed by atoms with Crippen molar-refractivity contribution in [2.45, 2.75) is 25.6 Å². The van der Waals surface area contributed by atoms with Crippen molar-refractivity contribution in [2.75, 3.05) is 6.61 Å². The molecule has 1 unspecified atom stereocenters. The summed E-state index contributed by atoms with van der Waals surface area (Å²) in [5, 5.41) is 0. The van der Waals surface area contributed by atoms with E-state index in [0.717, 1.165) is 0 Å². The van der Waals surface area contributed by atoms with Gasteiger partial charge in [-0.25, -0.2) is 0 Å². The summed E-state index contributed by atoms with van der Waals surface area (Å²) in [4.78, 5) is 0. The van der Waals surface area contributed by atoms with Gasteiger partial charge in [0.25, 0.3) is 0 Å². The molecule has 0 aliphatic rings. The highest BCUT2D eigenvalue weighted by atomic mass is 19.4. The molecule has 0 heterocycles. The predicted molar refractivity (Wildman–Crippen MR) is 58.3 cm³/mol. The topological polar surface area (TPSA) is 47.3 Å². The maximum atomic E-state index is 12.4. The van der Waals surface area contributed by atoms with E-state index in [9.17, 15) is 13.2 Å². The molecule has 1 aromatic rings. The van der Waals surface area contributed by atoms with Gasteiger partial charge >= 0.3 is 6.18 Å². The molecule has 0 saturated carbocycles. The quantitative estimate of drug-likeness (QED) is 0.622. The Kier molecular flexibility index (Phi) is 4.77. The minimum atomic E-state index is -4.28. The first-order valence-electron chi connectivity index (χ1n) is 5.22. The van der Waals surface area contributed by atoms with Crippen LogP contribution in [0.2, 0.25) is 0 Å². The standard InChI is InChI=1S/C11H15F3N2O/c1-2-17-10-6-4-3-5-8(10)9(16-15)7-11(12,13)14/h3-6,9,16H,2,7,15H2,1H3. The monoisotopic (exact) mass is 248 g/mol. The second-order valence-electron chi connectivity index (χ2n) is 3.51. The summed E-state index contributed by atoms with van der Waals surface area (Å²) in [7, 11) is 0. The average molecular weight is 248 g/mol. The zero-order valence-corrected chi connectivity index (χ0v) is 9.42. The molecule has 6 heteroatoms. The van der Waals surface area contributed by atoms with Crippen molar-refractivity contribution >= 4 is 0 Å². The Morgan fingerprint density at radius 3 is 2.53 bits per heavy atom. The van der Waals surface area contributed by atoms with Gasteiger partial charge in [0.15, 0.2) is 0 Å². The van der Waals surface area contributed by atoms with E-state index in [0.29, 0.717) is 17.9 Å². The first-order chi connectivity index (χ1) is 7.98. The molecular formula is C11H15F3N2O. The molecule has 0 aromatic heterocycles. The van der Waals surface area contributed by atoms with E-state index in [-0.39, 0.29) is 0 Å². The van der Waals surface area contributed by atoms with E-state index < -0.39 is 18.6 Å². The van der Waals surface area contributed by atoms with Gasteiger partial charge in [0, 0.05) is 5.56 Å². The van der Waals surface area contributed by atoms with Crippen molar-refractivity contribution in [3.8, 4) is 5.75 Å². The van der Waals surface area contributed by atoms with Gasteiger partial charge in [-0.3, -0.25) is 11.3 Å². The third-order valence-corrected chi connectivity index (χ3v) is 2.23. The van der Waals surface area contributed by atoms with Gasteiger partial charge in [0.05, 0.1) is 19.1 Å². The number of hydrazine groups is 1. The van der Waals surface area contributed by atoms with Crippen LogP contribution in [0.3, 0.4) is 0 Å². The fraction of sp³-hybridized carbons (Fsp3) is 0.455. The van der Waals surface area contributed by atoms with Crippen LogP contribution in [0.15, 0.2) is 24.3 Å². The lowest BCUT2D eigenvalue weighted by atomic mass is 10.0. The van der Waals surface area contributed by atoms with Crippen molar-refractivity contribution in [3.05, 3.63) is 29.8 Å². The SMILES string of the molecule is CCOc1ccccc1C(CC(F)(F)F)NN. The summed E-state index contributed by atoms with van der Waals surface area (Å²) in [6.07, 6.45) is -5.32. The molecular weight excluding hydrogens is 233 g/mol. The van der Waals surface area contributed by atoms with Crippen LogP contribution >= 0.6 is 0 Å². The predicted octanol–water partition coefficient (Wildman–Crippen LogP) is 2.54. The lowest BCUT2D eigenvalue weighted by Gasteiger charge is -2.20. The normalized spacial score (nSPS) is 13.5. The van der Waals surface area contributed by atoms with E-state index >= 15 is 0 Å². The Hall–Kier alpha value is -1.27. The third kappa shape index (κ3) is 4.24. The number of alkyl halides is 3. The van der Waals surface area contributed by atoms with Crippen molar-refractivity contribution < 1.29 is 17.9 Å². The first kappa shape index (κ1) is 13.8. The van der Waals surface area contributed by atoms with Gasteiger partial charge in [-0.05, 0) is 13.0 Å². The van der Waals surface area contributed by atoms with Gasteiger partial charge in [-0.2, -0.15) is 13.2 Å². The van der Waals surface area contributed by atoms with Crippen LogP contribution in [-0.4, -0.2) is 12.8 Å². The summed E-state index contributed by atoms with van der Waals surface area (Å²) >= 11 is 0. The van der Waals surface area contributed by atoms with Crippen LogP contribution in [-0.2, 0) is 0 Å². The zero-order valence-electron chi connectivity index (χ0n) is 9.42. The van der Waals surface area contributed by atoms with Crippen molar-refractivity contribution in [1.82, 2.24) is 5.43 Å². The number of hydrogen-bond acceptors (Lipinski definition) is 3. The largest absolute Gasteiger partial charge is 0.494 e. The van der Waals surface area contributed by atoms with Crippen molar-refractivity contribution in [3.63, 3.8) is 0 Å². The number of nitrogens with two attached hydrogens (primary N) is 1. The second kappa shape index (κ2) is 5.88. The number of rotatable bonds is 5. The van der Waals surface area contributed by atoms with E-state index in [2.05, 4.69) is 5.43 Å². The number of ether oxygens (including phenoxy) is 1. The molecule has 0 saturated heterocycles. The molecule has 0 amide bonds. The fourth-order valence-electron chi connectivity index (χ4n) is 1.55. The van der Waals surface area contributed by atoms with E-state index in [1.807, 2.05) is 0 Å². The van der Waals surface area contributed by atoms with E-state index in [4.69, 9.17) is 10.6 Å². The molecule has 1 rings (SSSR count). The molecule has 0 aliphatic carbocycles. The zero-order chi connectivity index (χ0) is 12.9. The van der Waals surface area contributed by atoms with Crippen LogP contribution in [0.4, 0.5) is 13.2 Å². The van der Waals surface area contributed by atoms with Crippen molar-refractivity contribution in [1.29, 1.82) is 0 Å². The number of benzene rings is 1. The van der Waals surface area contributed by atoms with E-state index in [1.54, 1.807) is 31.2 Å². The second-order valence-corrected chi connectivity index (χ2v) is 3.51. The highest BCUT2D eigenvalue weighted by Gasteiger charge is 2.33. The molecule has 0 aliphatic heterocycles. The molecule has 96 valence electrons. The maximum Gasteiger partial charge on any atom is 0.390 e. The Morgan fingerprint density at radius 1 is 1.35 bits per heavy atom. The van der Waals surface area contributed by atoms with Crippen molar-refractivity contribution in [2.24, 2.45) is 5.84 Å². The Balaban J connectivity index is 2.94. The molecule has 0 fully saturated rings. The van der Waals surface area contributed by atoms with Gasteiger partial charge < -0.3 is 4.74 Å². The summed E-state index contributed by atoms with van der Waals surface area (Å²) in [6, 6.07) is 5.55. The highest BCUT2D eigenvalue weighted by molar-refractivity contribution is 5.36. The number of hydrogen-bond donors (Lipinski definition) is 2. The third-order valence-electron chi connectivity index (χ3n) is 2.23. The maximum absolute atomic E-state index is 12.4. The van der Waals surface area contributed by atoms with Gasteiger partial charge in [0.2, 0.25) is 0 Å². The van der Waals surface area contributed by atoms with Crippen LogP contribution < -0.4 is 16.0 Å². The molecule has 0 bridgehead atoms. The number of halogens is 3. The lowest BCUT2D eigenvalue weighted by Crippen LogP contribution is -2.32. The Morgan fingerprint density at radius 2 is 2.00 bits per heavy atom. The molecule has 0 radical (unpaired) electrons. The van der Waals surface area contributed by atoms with Crippen LogP contribution in [0.1, 0.15) is 24.9 Å². The minimum Gasteiger partial charge on any atom is -0.494 e. The van der Waals surface area contributed by atoms with Crippen LogP contribution in [0.25, 0.3) is 0 Å². The lowest BCUT2D eigenvalue weighted by molar-refractivity contribution is -0.140.